The van der Waals surface area contributed by atoms with Crippen LogP contribution in [0.3, 0.4) is 0 Å². The summed E-state index contributed by atoms with van der Waals surface area (Å²) < 4.78 is 7.89. The first kappa shape index (κ1) is 25.2. The molecule has 0 saturated heterocycles. The number of ether oxygens (including phenoxy) is 1. The van der Waals surface area contributed by atoms with Crippen LogP contribution in [-0.2, 0) is 11.3 Å². The van der Waals surface area contributed by atoms with E-state index in [-0.39, 0.29) is 12.3 Å². The van der Waals surface area contributed by atoms with Crippen LogP contribution in [0.1, 0.15) is 54.9 Å². The molecule has 0 aliphatic rings. The highest BCUT2D eigenvalue weighted by Crippen LogP contribution is 2.19. The monoisotopic (exact) mass is 481 g/mol. The Labute approximate surface area is 204 Å². The van der Waals surface area contributed by atoms with Crippen molar-refractivity contribution >= 4 is 24.0 Å². The van der Waals surface area contributed by atoms with Crippen molar-refractivity contribution in [3.8, 4) is 17.1 Å². The van der Waals surface area contributed by atoms with Gasteiger partial charge in [-0.05, 0) is 55.9 Å². The van der Waals surface area contributed by atoms with Crippen LogP contribution in [-0.4, -0.2) is 33.2 Å². The van der Waals surface area contributed by atoms with Gasteiger partial charge < -0.3 is 4.74 Å². The highest BCUT2D eigenvalue weighted by atomic mass is 32.1. The first-order valence-electron chi connectivity index (χ1n) is 11.5. The topological polar surface area (TPSA) is 101 Å². The summed E-state index contributed by atoms with van der Waals surface area (Å²) in [5.74, 6) is 0.651. The zero-order valence-corrected chi connectivity index (χ0v) is 20.4. The van der Waals surface area contributed by atoms with Crippen LogP contribution >= 0.6 is 12.2 Å². The number of nitrogens with one attached hydrogen (secondary N) is 3. The molecule has 8 nitrogen and oxygen atoms in total. The molecule has 0 unspecified atom stereocenters. The summed E-state index contributed by atoms with van der Waals surface area (Å²) in [6.45, 7) is 5.16. The Morgan fingerprint density at radius 3 is 2.62 bits per heavy atom. The number of hydrogen-bond acceptors (Lipinski definition) is 5. The third-order valence-corrected chi connectivity index (χ3v) is 5.61. The number of carbonyl (C=O) groups is 2. The Kier molecular flexibility index (Phi) is 9.40. The maximum atomic E-state index is 12.3. The Balaban J connectivity index is 1.46. The van der Waals surface area contributed by atoms with E-state index in [0.717, 1.165) is 29.7 Å². The number of aryl methyl sites for hydroxylation is 1. The van der Waals surface area contributed by atoms with Crippen molar-refractivity contribution in [2.75, 3.05) is 6.61 Å². The summed E-state index contributed by atoms with van der Waals surface area (Å²) in [6.07, 6.45) is 4.68. The fraction of sp³-hybridized carbons (Fsp3) is 0.360. The minimum absolute atomic E-state index is 0.123. The highest BCUT2D eigenvalue weighted by Gasteiger charge is 2.12. The molecule has 0 spiro atoms. The van der Waals surface area contributed by atoms with Crippen LogP contribution < -0.4 is 15.6 Å². The van der Waals surface area contributed by atoms with Crippen molar-refractivity contribution in [1.29, 1.82) is 0 Å². The van der Waals surface area contributed by atoms with Crippen molar-refractivity contribution in [2.24, 2.45) is 0 Å². The first-order chi connectivity index (χ1) is 16.5. The Hall–Kier alpha value is -3.46. The molecular formula is C25H31N5O3S. The second kappa shape index (κ2) is 12.7. The lowest BCUT2D eigenvalue weighted by molar-refractivity contribution is -0.122. The van der Waals surface area contributed by atoms with Gasteiger partial charge in [0.25, 0.3) is 5.91 Å². The highest BCUT2D eigenvalue weighted by molar-refractivity contribution is 7.71. The Morgan fingerprint density at radius 2 is 1.88 bits per heavy atom. The van der Waals surface area contributed by atoms with Gasteiger partial charge in [-0.3, -0.25) is 30.1 Å². The number of H-pyrrole nitrogens is 1. The zero-order valence-electron chi connectivity index (χ0n) is 19.6. The summed E-state index contributed by atoms with van der Waals surface area (Å²) in [4.78, 5) is 24.7. The number of amides is 2. The molecule has 0 aliphatic carbocycles. The first-order valence-corrected chi connectivity index (χ1v) is 11.9. The molecule has 9 heteroatoms. The largest absolute Gasteiger partial charge is 0.494 e. The van der Waals surface area contributed by atoms with E-state index in [9.17, 15) is 9.59 Å². The van der Waals surface area contributed by atoms with Gasteiger partial charge in [0.05, 0.1) is 6.61 Å². The van der Waals surface area contributed by atoms with Gasteiger partial charge in [0.15, 0.2) is 10.6 Å². The van der Waals surface area contributed by atoms with Gasteiger partial charge in [-0.2, -0.15) is 5.10 Å². The average molecular weight is 482 g/mol. The van der Waals surface area contributed by atoms with Gasteiger partial charge >= 0.3 is 0 Å². The van der Waals surface area contributed by atoms with E-state index in [2.05, 4.69) is 28.0 Å². The molecule has 2 aromatic carbocycles. The average Bonchev–Trinajstić information content (AvgIpc) is 3.21. The van der Waals surface area contributed by atoms with Crippen LogP contribution in [0, 0.1) is 11.7 Å². The molecule has 0 fully saturated rings. The van der Waals surface area contributed by atoms with Gasteiger partial charge in [-0.1, -0.05) is 49.9 Å². The van der Waals surface area contributed by atoms with Gasteiger partial charge in [0, 0.05) is 24.1 Å². The maximum Gasteiger partial charge on any atom is 0.269 e. The van der Waals surface area contributed by atoms with E-state index in [0.29, 0.717) is 29.3 Å². The standard InChI is InChI=1S/C25H31N5O3S/c1-3-4-5-6-16-33-21-12-10-19(11-13-21)24(32)28-26-22(31)14-15-30-23(27-29-25(30)34)20-9-7-8-18(2)17-20/h7-13,17H,3-6,14-16H2,1-2H3,(H,26,31)(H,28,32)(H,29,34). The number of hydrazine groups is 1. The SMILES string of the molecule is CCCCCCOc1ccc(C(=O)NNC(=O)CCn2c(-c3cccc(C)c3)n[nH]c2=S)cc1. The van der Waals surface area contributed by atoms with E-state index in [1.54, 1.807) is 28.8 Å². The third kappa shape index (κ3) is 7.28. The minimum Gasteiger partial charge on any atom is -0.494 e. The molecule has 0 bridgehead atoms. The van der Waals surface area contributed by atoms with Gasteiger partial charge in [0.2, 0.25) is 5.91 Å². The fourth-order valence-corrected chi connectivity index (χ4v) is 3.65. The molecule has 0 atom stereocenters. The molecule has 34 heavy (non-hydrogen) atoms. The number of aromatic amines is 1. The minimum atomic E-state index is -0.400. The van der Waals surface area contributed by atoms with E-state index in [1.165, 1.54) is 12.8 Å². The number of unbranched alkanes of at least 4 members (excludes halogenated alkanes) is 3. The quantitative estimate of drug-likeness (QED) is 0.209. The second-order valence-corrected chi connectivity index (χ2v) is 8.45. The van der Waals surface area contributed by atoms with E-state index in [1.807, 2.05) is 31.2 Å². The molecule has 0 radical (unpaired) electrons. The molecule has 3 rings (SSSR count). The number of hydrogen-bond donors (Lipinski definition) is 3. The molecule has 0 aliphatic heterocycles. The normalized spacial score (nSPS) is 10.6. The predicted molar refractivity (Wildman–Crippen MR) is 134 cm³/mol. The molecule has 2 amide bonds. The molecule has 3 N–H and O–H groups in total. The second-order valence-electron chi connectivity index (χ2n) is 8.06. The molecule has 180 valence electrons. The summed E-state index contributed by atoms with van der Waals surface area (Å²) in [5, 5.41) is 7.07. The number of aromatic nitrogens is 3. The molecule has 1 heterocycles. The third-order valence-electron chi connectivity index (χ3n) is 5.30. The lowest BCUT2D eigenvalue weighted by atomic mass is 10.1. The van der Waals surface area contributed by atoms with Crippen molar-refractivity contribution in [3.63, 3.8) is 0 Å². The van der Waals surface area contributed by atoms with Crippen molar-refractivity contribution in [3.05, 3.63) is 64.4 Å². The number of carbonyl (C=O) groups excluding carboxylic acids is 2. The summed E-state index contributed by atoms with van der Waals surface area (Å²) in [7, 11) is 0. The maximum absolute atomic E-state index is 12.3. The van der Waals surface area contributed by atoms with Gasteiger partial charge in [0.1, 0.15) is 5.75 Å². The number of benzene rings is 2. The number of nitrogens with zero attached hydrogens (tertiary/aromatic N) is 2. The molecule has 0 saturated carbocycles. The van der Waals surface area contributed by atoms with Crippen LogP contribution in [0.25, 0.3) is 11.4 Å². The summed E-state index contributed by atoms with van der Waals surface area (Å²) in [5.41, 5.74) is 7.34. The van der Waals surface area contributed by atoms with Gasteiger partial charge in [-0.25, -0.2) is 0 Å². The Bertz CT molecular complexity index is 1150. The number of rotatable bonds is 11. The summed E-state index contributed by atoms with van der Waals surface area (Å²) in [6, 6.07) is 14.7. The van der Waals surface area contributed by atoms with Crippen molar-refractivity contribution in [1.82, 2.24) is 25.6 Å². The van der Waals surface area contributed by atoms with E-state index < -0.39 is 5.91 Å². The van der Waals surface area contributed by atoms with Crippen molar-refractivity contribution in [2.45, 2.75) is 52.5 Å². The fourth-order valence-electron chi connectivity index (χ4n) is 3.43. The zero-order chi connectivity index (χ0) is 24.3. The van der Waals surface area contributed by atoms with Crippen LogP contribution in [0.15, 0.2) is 48.5 Å². The van der Waals surface area contributed by atoms with E-state index >= 15 is 0 Å². The lowest BCUT2D eigenvalue weighted by Crippen LogP contribution is -2.41. The van der Waals surface area contributed by atoms with Gasteiger partial charge in [-0.15, -0.1) is 0 Å². The van der Waals surface area contributed by atoms with Crippen molar-refractivity contribution < 1.29 is 14.3 Å². The summed E-state index contributed by atoms with van der Waals surface area (Å²) >= 11 is 5.32. The van der Waals surface area contributed by atoms with Crippen LogP contribution in [0.4, 0.5) is 0 Å². The van der Waals surface area contributed by atoms with Crippen LogP contribution in [0.2, 0.25) is 0 Å². The molecular weight excluding hydrogens is 450 g/mol. The Morgan fingerprint density at radius 1 is 1.09 bits per heavy atom. The lowest BCUT2D eigenvalue weighted by Gasteiger charge is -2.10. The van der Waals surface area contributed by atoms with E-state index in [4.69, 9.17) is 17.0 Å². The molecule has 3 aromatic rings. The smallest absolute Gasteiger partial charge is 0.269 e. The molecule has 1 aromatic heterocycles. The van der Waals surface area contributed by atoms with Crippen LogP contribution in [0.5, 0.6) is 5.75 Å². The predicted octanol–water partition coefficient (Wildman–Crippen LogP) is 4.73.